The topological polar surface area (TPSA) is 45.2 Å². The second-order valence-electron chi connectivity index (χ2n) is 8.70. The minimum Gasteiger partial charge on any atom is -0.492 e. The SMILES string of the molecule is OC1c2ccc(OCCN3CCCC3)cc2-c2ccc(OCCN3CCCC3)cc21. The quantitative estimate of drug-likeness (QED) is 0.722. The molecule has 5 nitrogen and oxygen atoms in total. The van der Waals surface area contributed by atoms with Gasteiger partial charge in [0.1, 0.15) is 30.8 Å². The Bertz CT molecular complexity index is 873. The van der Waals surface area contributed by atoms with E-state index in [2.05, 4.69) is 21.9 Å². The number of aliphatic hydroxyl groups is 1. The van der Waals surface area contributed by atoms with E-state index >= 15 is 0 Å². The van der Waals surface area contributed by atoms with Crippen LogP contribution in [0.25, 0.3) is 11.1 Å². The normalized spacial score (nSPS) is 21.0. The van der Waals surface area contributed by atoms with Crippen LogP contribution < -0.4 is 9.47 Å². The number of ether oxygens (including phenoxy) is 2. The fourth-order valence-electron chi connectivity index (χ4n) is 4.96. The number of hydrogen-bond acceptors (Lipinski definition) is 5. The van der Waals surface area contributed by atoms with Gasteiger partial charge in [-0.15, -0.1) is 0 Å². The molecule has 0 bridgehead atoms. The van der Waals surface area contributed by atoms with Crippen LogP contribution in [0.15, 0.2) is 36.4 Å². The summed E-state index contributed by atoms with van der Waals surface area (Å²) < 4.78 is 12.0. The van der Waals surface area contributed by atoms with Crippen molar-refractivity contribution in [2.24, 2.45) is 0 Å². The molecule has 2 saturated heterocycles. The van der Waals surface area contributed by atoms with Gasteiger partial charge in [0.05, 0.1) is 0 Å². The van der Waals surface area contributed by atoms with Gasteiger partial charge < -0.3 is 14.6 Å². The number of rotatable bonds is 8. The minimum atomic E-state index is -0.601. The average molecular weight is 409 g/mol. The number of likely N-dealkylation sites (tertiary alicyclic amines) is 2. The summed E-state index contributed by atoms with van der Waals surface area (Å²) in [5.74, 6) is 1.71. The van der Waals surface area contributed by atoms with E-state index in [-0.39, 0.29) is 0 Å². The van der Waals surface area contributed by atoms with Crippen LogP contribution in [0.1, 0.15) is 42.9 Å². The van der Waals surface area contributed by atoms with Crippen LogP contribution in [0.4, 0.5) is 0 Å². The number of hydrogen-bond donors (Lipinski definition) is 1. The first kappa shape index (κ1) is 19.9. The lowest BCUT2D eigenvalue weighted by Crippen LogP contribution is -2.25. The van der Waals surface area contributed by atoms with E-state index in [1.165, 1.54) is 51.9 Å². The second kappa shape index (κ2) is 8.96. The van der Waals surface area contributed by atoms with Gasteiger partial charge in [-0.3, -0.25) is 9.80 Å². The van der Waals surface area contributed by atoms with Crippen molar-refractivity contribution in [2.45, 2.75) is 31.8 Å². The Labute approximate surface area is 179 Å². The van der Waals surface area contributed by atoms with E-state index in [1.807, 2.05) is 24.3 Å². The fraction of sp³-hybridized carbons (Fsp3) is 0.520. The molecule has 2 heterocycles. The standard InChI is InChI=1S/C25H32N2O3/c28-25-22-8-6-19(29-15-13-26-9-1-2-10-26)17-23(22)21-7-5-20(18-24(21)25)30-16-14-27-11-3-4-12-27/h5-8,17-18,25,28H,1-4,9-16H2. The van der Waals surface area contributed by atoms with Crippen LogP contribution >= 0.6 is 0 Å². The van der Waals surface area contributed by atoms with Crippen molar-refractivity contribution in [1.29, 1.82) is 0 Å². The molecule has 2 aliphatic heterocycles. The first-order valence-electron chi connectivity index (χ1n) is 11.4. The number of benzene rings is 2. The lowest BCUT2D eigenvalue weighted by molar-refractivity contribution is 0.221. The van der Waals surface area contributed by atoms with Crippen molar-refractivity contribution < 1.29 is 14.6 Å². The first-order valence-corrected chi connectivity index (χ1v) is 11.4. The summed E-state index contributed by atoms with van der Waals surface area (Å²) in [6.45, 7) is 8.10. The molecule has 160 valence electrons. The third-order valence-electron chi connectivity index (χ3n) is 6.68. The van der Waals surface area contributed by atoms with Crippen molar-refractivity contribution >= 4 is 0 Å². The maximum Gasteiger partial charge on any atom is 0.120 e. The van der Waals surface area contributed by atoms with Crippen LogP contribution in [-0.2, 0) is 0 Å². The van der Waals surface area contributed by atoms with Gasteiger partial charge in [0.15, 0.2) is 0 Å². The molecule has 0 spiro atoms. The maximum atomic E-state index is 10.9. The summed E-state index contributed by atoms with van der Waals surface area (Å²) >= 11 is 0. The average Bonchev–Trinajstić information content (AvgIpc) is 3.51. The largest absolute Gasteiger partial charge is 0.492 e. The third kappa shape index (κ3) is 4.20. The van der Waals surface area contributed by atoms with Gasteiger partial charge in [0, 0.05) is 13.1 Å². The zero-order valence-corrected chi connectivity index (χ0v) is 17.7. The Morgan fingerprint density at radius 2 is 1.27 bits per heavy atom. The molecule has 2 aromatic carbocycles. The van der Waals surface area contributed by atoms with Crippen molar-refractivity contribution in [3.63, 3.8) is 0 Å². The highest BCUT2D eigenvalue weighted by molar-refractivity contribution is 5.79. The lowest BCUT2D eigenvalue weighted by atomic mass is 10.1. The number of aliphatic hydroxyl groups excluding tert-OH is 1. The second-order valence-corrected chi connectivity index (χ2v) is 8.70. The molecule has 0 radical (unpaired) electrons. The van der Waals surface area contributed by atoms with Crippen molar-refractivity contribution in [3.8, 4) is 22.6 Å². The Kier molecular flexibility index (Phi) is 5.93. The fourth-order valence-corrected chi connectivity index (χ4v) is 4.96. The summed E-state index contributed by atoms with van der Waals surface area (Å²) in [7, 11) is 0. The predicted octanol–water partition coefficient (Wildman–Crippen LogP) is 3.70. The van der Waals surface area contributed by atoms with Gasteiger partial charge in [-0.1, -0.05) is 12.1 Å². The molecule has 1 atom stereocenters. The van der Waals surface area contributed by atoms with Crippen LogP contribution in [0.2, 0.25) is 0 Å². The van der Waals surface area contributed by atoms with E-state index in [4.69, 9.17) is 9.47 Å². The highest BCUT2D eigenvalue weighted by Crippen LogP contribution is 2.46. The molecule has 0 saturated carbocycles. The minimum absolute atomic E-state index is 0.601. The van der Waals surface area contributed by atoms with E-state index in [0.717, 1.165) is 46.8 Å². The van der Waals surface area contributed by atoms with E-state index in [0.29, 0.717) is 13.2 Å². The van der Waals surface area contributed by atoms with Gasteiger partial charge >= 0.3 is 0 Å². The number of nitrogens with zero attached hydrogens (tertiary/aromatic N) is 2. The molecule has 1 aliphatic carbocycles. The Balaban J connectivity index is 1.23. The molecule has 1 N–H and O–H groups in total. The van der Waals surface area contributed by atoms with Gasteiger partial charge in [0.25, 0.3) is 0 Å². The van der Waals surface area contributed by atoms with E-state index in [1.54, 1.807) is 0 Å². The molecule has 1 unspecified atom stereocenters. The first-order chi connectivity index (χ1) is 14.8. The van der Waals surface area contributed by atoms with Crippen LogP contribution in [0.5, 0.6) is 11.5 Å². The van der Waals surface area contributed by atoms with Crippen LogP contribution in [0.3, 0.4) is 0 Å². The van der Waals surface area contributed by atoms with Crippen molar-refractivity contribution in [3.05, 3.63) is 47.5 Å². The summed E-state index contributed by atoms with van der Waals surface area (Å²) in [6, 6.07) is 12.1. The molecular formula is C25H32N2O3. The smallest absolute Gasteiger partial charge is 0.120 e. The summed E-state index contributed by atoms with van der Waals surface area (Å²) in [4.78, 5) is 4.90. The molecule has 0 amide bonds. The van der Waals surface area contributed by atoms with Crippen LogP contribution in [-0.4, -0.2) is 67.4 Å². The lowest BCUT2D eigenvalue weighted by Gasteiger charge is -2.15. The summed E-state index contributed by atoms with van der Waals surface area (Å²) in [5.41, 5.74) is 4.03. The predicted molar refractivity (Wildman–Crippen MR) is 118 cm³/mol. The highest BCUT2D eigenvalue weighted by Gasteiger charge is 2.28. The van der Waals surface area contributed by atoms with Gasteiger partial charge in [-0.05, 0) is 98.4 Å². The Morgan fingerprint density at radius 3 is 1.90 bits per heavy atom. The van der Waals surface area contributed by atoms with Crippen molar-refractivity contribution in [2.75, 3.05) is 52.5 Å². The third-order valence-corrected chi connectivity index (χ3v) is 6.68. The molecule has 2 fully saturated rings. The number of fused-ring (bicyclic) bond motifs is 3. The summed E-state index contributed by atoms with van der Waals surface area (Å²) in [6.07, 6.45) is 4.60. The molecule has 30 heavy (non-hydrogen) atoms. The van der Waals surface area contributed by atoms with Gasteiger partial charge in [0.2, 0.25) is 0 Å². The summed E-state index contributed by atoms with van der Waals surface area (Å²) in [5, 5.41) is 10.9. The van der Waals surface area contributed by atoms with E-state index < -0.39 is 6.10 Å². The van der Waals surface area contributed by atoms with Gasteiger partial charge in [-0.25, -0.2) is 0 Å². The van der Waals surface area contributed by atoms with E-state index in [9.17, 15) is 5.11 Å². The molecular weight excluding hydrogens is 376 g/mol. The molecule has 0 aromatic heterocycles. The Hall–Kier alpha value is -2.08. The zero-order chi connectivity index (χ0) is 20.3. The molecule has 5 heteroatoms. The molecule has 3 aliphatic rings. The van der Waals surface area contributed by atoms with Gasteiger partial charge in [-0.2, -0.15) is 0 Å². The monoisotopic (exact) mass is 408 g/mol. The Morgan fingerprint density at radius 1 is 0.700 bits per heavy atom. The zero-order valence-electron chi connectivity index (χ0n) is 17.7. The maximum absolute atomic E-state index is 10.9. The highest BCUT2D eigenvalue weighted by atomic mass is 16.5. The van der Waals surface area contributed by atoms with Crippen LogP contribution in [0, 0.1) is 0 Å². The molecule has 2 aromatic rings. The molecule has 5 rings (SSSR count). The van der Waals surface area contributed by atoms with Crippen molar-refractivity contribution in [1.82, 2.24) is 9.80 Å².